The number of rotatable bonds is 4. The van der Waals surface area contributed by atoms with Gasteiger partial charge in [-0.25, -0.2) is 4.98 Å². The van der Waals surface area contributed by atoms with Gasteiger partial charge in [-0.2, -0.15) is 5.10 Å². The fourth-order valence-electron chi connectivity index (χ4n) is 3.23. The predicted molar refractivity (Wildman–Crippen MR) is 90.9 cm³/mol. The molecule has 3 aromatic rings. The molecular weight excluding hydrogens is 286 g/mol. The molecule has 2 N–H and O–H groups in total. The molecule has 0 saturated carbocycles. The van der Waals surface area contributed by atoms with Crippen LogP contribution in [0.25, 0.3) is 22.5 Å². The Balaban J connectivity index is 1.58. The van der Waals surface area contributed by atoms with Crippen molar-refractivity contribution in [3.05, 3.63) is 48.5 Å². The first kappa shape index (κ1) is 14.2. The van der Waals surface area contributed by atoms with Crippen LogP contribution in [-0.4, -0.2) is 26.3 Å². The Morgan fingerprint density at radius 1 is 1.17 bits per heavy atom. The number of nitrogens with one attached hydrogen (secondary N) is 2. The molecule has 23 heavy (non-hydrogen) atoms. The van der Waals surface area contributed by atoms with E-state index in [1.165, 1.54) is 12.0 Å². The minimum Gasteiger partial charge on any atom is -0.341 e. The summed E-state index contributed by atoms with van der Waals surface area (Å²) in [7, 11) is 0. The van der Waals surface area contributed by atoms with Crippen LogP contribution in [-0.2, 0) is 6.54 Å². The number of hydrogen-bond donors (Lipinski definition) is 2. The van der Waals surface area contributed by atoms with Gasteiger partial charge in [0.1, 0.15) is 5.82 Å². The third kappa shape index (κ3) is 2.68. The molecular formula is C18H21N5. The smallest absolute Gasteiger partial charge is 0.123 e. The minimum absolute atomic E-state index is 0.377. The molecule has 0 amide bonds. The molecule has 2 aromatic heterocycles. The molecule has 0 radical (unpaired) electrons. The van der Waals surface area contributed by atoms with Crippen molar-refractivity contribution in [2.75, 3.05) is 6.54 Å². The van der Waals surface area contributed by atoms with Crippen LogP contribution in [0.1, 0.15) is 31.6 Å². The number of benzene rings is 1. The second-order valence-corrected chi connectivity index (χ2v) is 5.94. The first-order valence-corrected chi connectivity index (χ1v) is 8.26. The molecule has 0 bridgehead atoms. The number of hydrogen-bond acceptors (Lipinski definition) is 3. The number of aromatic nitrogens is 4. The largest absolute Gasteiger partial charge is 0.341 e. The summed E-state index contributed by atoms with van der Waals surface area (Å²) in [6.07, 6.45) is 6.16. The lowest BCUT2D eigenvalue weighted by Crippen LogP contribution is -2.14. The van der Waals surface area contributed by atoms with E-state index in [0.29, 0.717) is 6.04 Å². The van der Waals surface area contributed by atoms with E-state index in [1.54, 1.807) is 0 Å². The van der Waals surface area contributed by atoms with Gasteiger partial charge in [-0.3, -0.25) is 4.68 Å². The summed E-state index contributed by atoms with van der Waals surface area (Å²) in [6, 6.07) is 11.0. The van der Waals surface area contributed by atoms with E-state index in [1.807, 2.05) is 17.1 Å². The van der Waals surface area contributed by atoms with Crippen LogP contribution in [0, 0.1) is 0 Å². The molecule has 0 spiro atoms. The molecule has 1 atom stereocenters. The Morgan fingerprint density at radius 2 is 2.00 bits per heavy atom. The highest BCUT2D eigenvalue weighted by molar-refractivity contribution is 5.66. The highest BCUT2D eigenvalue weighted by Gasteiger charge is 2.19. The van der Waals surface area contributed by atoms with Gasteiger partial charge in [0.15, 0.2) is 0 Å². The van der Waals surface area contributed by atoms with Crippen LogP contribution >= 0.6 is 0 Å². The number of H-pyrrole nitrogens is 1. The SMILES string of the molecule is CCn1nccc1-c1ccc(-c2cnc(C3CCCN3)[nH]2)cc1. The Morgan fingerprint density at radius 3 is 2.74 bits per heavy atom. The van der Waals surface area contributed by atoms with Gasteiger partial charge < -0.3 is 10.3 Å². The van der Waals surface area contributed by atoms with Crippen LogP contribution < -0.4 is 5.32 Å². The molecule has 1 unspecified atom stereocenters. The molecule has 1 aliphatic heterocycles. The van der Waals surface area contributed by atoms with Crippen LogP contribution in [0.5, 0.6) is 0 Å². The average molecular weight is 307 g/mol. The fraction of sp³-hybridized carbons (Fsp3) is 0.333. The third-order valence-corrected chi connectivity index (χ3v) is 4.49. The summed E-state index contributed by atoms with van der Waals surface area (Å²) in [5.74, 6) is 1.05. The monoisotopic (exact) mass is 307 g/mol. The lowest BCUT2D eigenvalue weighted by Gasteiger charge is -2.07. The summed E-state index contributed by atoms with van der Waals surface area (Å²) in [5.41, 5.74) is 4.57. The van der Waals surface area contributed by atoms with Crippen molar-refractivity contribution >= 4 is 0 Å². The lowest BCUT2D eigenvalue weighted by atomic mass is 10.1. The van der Waals surface area contributed by atoms with Gasteiger partial charge in [0, 0.05) is 12.7 Å². The number of imidazole rings is 1. The normalized spacial score (nSPS) is 17.7. The Bertz CT molecular complexity index is 778. The molecule has 3 heterocycles. The second kappa shape index (κ2) is 6.01. The van der Waals surface area contributed by atoms with Gasteiger partial charge in [0.25, 0.3) is 0 Å². The standard InChI is InChI=1S/C18H21N5/c1-2-23-17(9-11-21-23)14-7-5-13(6-8-14)16-12-20-18(22-16)15-4-3-10-19-15/h5-9,11-12,15,19H,2-4,10H2,1H3,(H,20,22). The van der Waals surface area contributed by atoms with Crippen molar-refractivity contribution in [2.24, 2.45) is 0 Å². The summed E-state index contributed by atoms with van der Waals surface area (Å²) in [6.45, 7) is 4.07. The zero-order chi connectivity index (χ0) is 15.6. The summed E-state index contributed by atoms with van der Waals surface area (Å²) in [4.78, 5) is 8.00. The van der Waals surface area contributed by atoms with Crippen LogP contribution in [0.3, 0.4) is 0 Å². The van der Waals surface area contributed by atoms with Crippen molar-refractivity contribution in [1.29, 1.82) is 0 Å². The first-order valence-electron chi connectivity index (χ1n) is 8.26. The zero-order valence-electron chi connectivity index (χ0n) is 13.3. The van der Waals surface area contributed by atoms with Gasteiger partial charge in [0.2, 0.25) is 0 Å². The van der Waals surface area contributed by atoms with E-state index < -0.39 is 0 Å². The molecule has 1 saturated heterocycles. The van der Waals surface area contributed by atoms with Crippen LogP contribution in [0.4, 0.5) is 0 Å². The third-order valence-electron chi connectivity index (χ3n) is 4.49. The van der Waals surface area contributed by atoms with E-state index in [4.69, 9.17) is 0 Å². The Labute approximate surface area is 135 Å². The van der Waals surface area contributed by atoms with Crippen molar-refractivity contribution < 1.29 is 0 Å². The molecule has 4 rings (SSSR count). The van der Waals surface area contributed by atoms with Crippen molar-refractivity contribution in [1.82, 2.24) is 25.1 Å². The van der Waals surface area contributed by atoms with Crippen LogP contribution in [0.15, 0.2) is 42.7 Å². The second-order valence-electron chi connectivity index (χ2n) is 5.94. The maximum atomic E-state index is 4.54. The quantitative estimate of drug-likeness (QED) is 0.777. The first-order chi connectivity index (χ1) is 11.3. The predicted octanol–water partition coefficient (Wildman–Crippen LogP) is 3.38. The van der Waals surface area contributed by atoms with Gasteiger partial charge >= 0.3 is 0 Å². The Kier molecular flexibility index (Phi) is 3.71. The van der Waals surface area contributed by atoms with Gasteiger partial charge in [-0.05, 0) is 43.5 Å². The molecule has 1 aromatic carbocycles. The molecule has 1 fully saturated rings. The molecule has 5 nitrogen and oxygen atoms in total. The Hall–Kier alpha value is -2.40. The highest BCUT2D eigenvalue weighted by Crippen LogP contribution is 2.26. The van der Waals surface area contributed by atoms with Gasteiger partial charge in [-0.15, -0.1) is 0 Å². The zero-order valence-corrected chi connectivity index (χ0v) is 13.3. The molecule has 118 valence electrons. The van der Waals surface area contributed by atoms with Crippen LogP contribution in [0.2, 0.25) is 0 Å². The summed E-state index contributed by atoms with van der Waals surface area (Å²) in [5, 5.41) is 7.81. The number of nitrogens with zero attached hydrogens (tertiary/aromatic N) is 3. The molecule has 5 heteroatoms. The van der Waals surface area contributed by atoms with Gasteiger partial charge in [0.05, 0.1) is 23.6 Å². The van der Waals surface area contributed by atoms with E-state index in [9.17, 15) is 0 Å². The maximum Gasteiger partial charge on any atom is 0.123 e. The van der Waals surface area contributed by atoms with E-state index >= 15 is 0 Å². The van der Waals surface area contributed by atoms with Crippen molar-refractivity contribution in [3.8, 4) is 22.5 Å². The molecule has 0 aliphatic carbocycles. The lowest BCUT2D eigenvalue weighted by molar-refractivity contribution is 0.613. The topological polar surface area (TPSA) is 58.5 Å². The maximum absolute atomic E-state index is 4.54. The fourth-order valence-corrected chi connectivity index (χ4v) is 3.23. The average Bonchev–Trinajstić information content (AvgIpc) is 3.34. The van der Waals surface area contributed by atoms with Crippen molar-refractivity contribution in [3.63, 3.8) is 0 Å². The summed E-state index contributed by atoms with van der Waals surface area (Å²) >= 11 is 0. The number of aryl methyl sites for hydroxylation is 1. The summed E-state index contributed by atoms with van der Waals surface area (Å²) < 4.78 is 2.01. The minimum atomic E-state index is 0.377. The van der Waals surface area contributed by atoms with E-state index in [0.717, 1.165) is 42.3 Å². The van der Waals surface area contributed by atoms with E-state index in [2.05, 4.69) is 57.6 Å². The number of aromatic amines is 1. The van der Waals surface area contributed by atoms with Crippen molar-refractivity contribution in [2.45, 2.75) is 32.4 Å². The van der Waals surface area contributed by atoms with Gasteiger partial charge in [-0.1, -0.05) is 24.3 Å². The molecule has 1 aliphatic rings. The highest BCUT2D eigenvalue weighted by atomic mass is 15.3. The van der Waals surface area contributed by atoms with E-state index in [-0.39, 0.29) is 0 Å².